The van der Waals surface area contributed by atoms with Crippen LogP contribution in [-0.2, 0) is 11.3 Å². The lowest BCUT2D eigenvalue weighted by atomic mass is 10.1. The van der Waals surface area contributed by atoms with Gasteiger partial charge in [0, 0.05) is 25.1 Å². The summed E-state index contributed by atoms with van der Waals surface area (Å²) >= 11 is 3.27. The molecule has 6 nitrogen and oxygen atoms in total. The van der Waals surface area contributed by atoms with Gasteiger partial charge < -0.3 is 9.30 Å². The van der Waals surface area contributed by atoms with E-state index in [2.05, 4.69) is 25.9 Å². The van der Waals surface area contributed by atoms with Gasteiger partial charge in [-0.05, 0) is 46.6 Å². The predicted octanol–water partition coefficient (Wildman–Crippen LogP) is 2.78. The zero-order valence-corrected chi connectivity index (χ0v) is 14.5. The third-order valence-corrected chi connectivity index (χ3v) is 3.96. The number of carbonyl (C=O) groups excluding carboxylic acids is 1. The summed E-state index contributed by atoms with van der Waals surface area (Å²) < 4.78 is 7.35. The number of carbonyl (C=O) groups is 1. The Morgan fingerprint density at radius 3 is 2.79 bits per heavy atom. The molecule has 0 unspecified atom stereocenters. The second kappa shape index (κ2) is 6.92. The summed E-state index contributed by atoms with van der Waals surface area (Å²) in [5, 5.41) is 0.413. The van der Waals surface area contributed by atoms with Crippen LogP contribution in [-0.4, -0.2) is 27.1 Å². The average molecular weight is 388 g/mol. The molecular formula is C17H14BrN3O3. The molecule has 0 spiro atoms. The molecule has 0 N–H and O–H groups in total. The largest absolute Gasteiger partial charge is 0.462 e. The summed E-state index contributed by atoms with van der Waals surface area (Å²) in [6.45, 7) is 2.39. The van der Waals surface area contributed by atoms with Gasteiger partial charge in [-0.15, -0.1) is 0 Å². The van der Waals surface area contributed by atoms with Gasteiger partial charge in [0.15, 0.2) is 0 Å². The number of aromatic nitrogens is 3. The van der Waals surface area contributed by atoms with Crippen molar-refractivity contribution >= 4 is 32.8 Å². The second-order valence-corrected chi connectivity index (χ2v) is 5.91. The molecule has 0 aromatic carbocycles. The third kappa shape index (κ3) is 3.21. The second-order valence-electron chi connectivity index (χ2n) is 5.10. The van der Waals surface area contributed by atoms with Crippen LogP contribution in [0.2, 0.25) is 0 Å². The fraction of sp³-hybridized carbons (Fsp3) is 0.176. The molecule has 3 aromatic heterocycles. The van der Waals surface area contributed by atoms with E-state index < -0.39 is 5.97 Å². The van der Waals surface area contributed by atoms with E-state index in [4.69, 9.17) is 4.74 Å². The van der Waals surface area contributed by atoms with Crippen molar-refractivity contribution in [3.05, 3.63) is 68.9 Å². The number of hydrogen-bond acceptors (Lipinski definition) is 5. The van der Waals surface area contributed by atoms with Gasteiger partial charge in [-0.2, -0.15) is 0 Å². The summed E-state index contributed by atoms with van der Waals surface area (Å²) in [4.78, 5) is 32.9. The molecule has 24 heavy (non-hydrogen) atoms. The number of fused-ring (bicyclic) bond motifs is 1. The monoisotopic (exact) mass is 387 g/mol. The zero-order chi connectivity index (χ0) is 17.1. The van der Waals surface area contributed by atoms with Gasteiger partial charge in [0.25, 0.3) is 0 Å². The number of pyridine rings is 3. The molecule has 0 aliphatic carbocycles. The van der Waals surface area contributed by atoms with E-state index in [1.807, 2.05) is 16.7 Å². The van der Waals surface area contributed by atoms with Crippen molar-refractivity contribution < 1.29 is 9.53 Å². The SMILES string of the molecule is CCOC(=O)c1cn(Cc2ccncc2)c2cnc(Br)cc2c1=O. The highest BCUT2D eigenvalue weighted by molar-refractivity contribution is 9.10. The number of halogens is 1. The van der Waals surface area contributed by atoms with Crippen molar-refractivity contribution in [1.29, 1.82) is 0 Å². The highest BCUT2D eigenvalue weighted by Gasteiger charge is 2.17. The first-order chi connectivity index (χ1) is 11.6. The van der Waals surface area contributed by atoms with Crippen LogP contribution < -0.4 is 5.43 Å². The van der Waals surface area contributed by atoms with Crippen LogP contribution in [0.3, 0.4) is 0 Å². The van der Waals surface area contributed by atoms with E-state index in [0.717, 1.165) is 5.56 Å². The molecule has 122 valence electrons. The van der Waals surface area contributed by atoms with Crippen molar-refractivity contribution in [2.75, 3.05) is 6.61 Å². The van der Waals surface area contributed by atoms with Gasteiger partial charge in [-0.25, -0.2) is 9.78 Å². The summed E-state index contributed by atoms with van der Waals surface area (Å²) in [7, 11) is 0. The van der Waals surface area contributed by atoms with E-state index in [-0.39, 0.29) is 17.6 Å². The number of ether oxygens (including phenoxy) is 1. The lowest BCUT2D eigenvalue weighted by Gasteiger charge is -2.13. The van der Waals surface area contributed by atoms with Gasteiger partial charge in [-0.3, -0.25) is 9.78 Å². The third-order valence-electron chi connectivity index (χ3n) is 3.53. The summed E-state index contributed by atoms with van der Waals surface area (Å²) in [6, 6.07) is 5.37. The van der Waals surface area contributed by atoms with E-state index >= 15 is 0 Å². The van der Waals surface area contributed by atoms with Crippen LogP contribution in [0.4, 0.5) is 0 Å². The summed E-state index contributed by atoms with van der Waals surface area (Å²) in [6.07, 6.45) is 6.53. The highest BCUT2D eigenvalue weighted by Crippen LogP contribution is 2.17. The lowest BCUT2D eigenvalue weighted by molar-refractivity contribution is 0.0524. The first-order valence-electron chi connectivity index (χ1n) is 7.35. The maximum atomic E-state index is 12.6. The maximum absolute atomic E-state index is 12.6. The first-order valence-corrected chi connectivity index (χ1v) is 8.14. The molecule has 0 bridgehead atoms. The van der Waals surface area contributed by atoms with Crippen molar-refractivity contribution in [1.82, 2.24) is 14.5 Å². The van der Waals surface area contributed by atoms with Crippen LogP contribution in [0.25, 0.3) is 10.9 Å². The molecule has 0 fully saturated rings. The van der Waals surface area contributed by atoms with Crippen LogP contribution in [0.5, 0.6) is 0 Å². The standard InChI is InChI=1S/C17H14BrN3O3/c1-2-24-17(23)13-10-21(9-11-3-5-19-6-4-11)14-8-20-15(18)7-12(14)16(13)22/h3-8,10H,2,9H2,1H3. The molecule has 0 saturated carbocycles. The topological polar surface area (TPSA) is 74.1 Å². The molecule has 3 heterocycles. The van der Waals surface area contributed by atoms with Crippen LogP contribution in [0.1, 0.15) is 22.8 Å². The van der Waals surface area contributed by atoms with Gasteiger partial charge in [0.2, 0.25) is 5.43 Å². The van der Waals surface area contributed by atoms with Crippen molar-refractivity contribution in [2.24, 2.45) is 0 Å². The van der Waals surface area contributed by atoms with Gasteiger partial charge >= 0.3 is 5.97 Å². The predicted molar refractivity (Wildman–Crippen MR) is 93.0 cm³/mol. The smallest absolute Gasteiger partial charge is 0.343 e. The molecule has 7 heteroatoms. The number of hydrogen-bond donors (Lipinski definition) is 0. The Kier molecular flexibility index (Phi) is 4.71. The minimum Gasteiger partial charge on any atom is -0.462 e. The number of esters is 1. The number of rotatable bonds is 4. The van der Waals surface area contributed by atoms with Gasteiger partial charge in [0.1, 0.15) is 10.2 Å². The quantitative estimate of drug-likeness (QED) is 0.508. The van der Waals surface area contributed by atoms with Gasteiger partial charge in [0.05, 0.1) is 23.7 Å². The summed E-state index contributed by atoms with van der Waals surface area (Å²) in [5.74, 6) is -0.624. The van der Waals surface area contributed by atoms with E-state index in [0.29, 0.717) is 22.1 Å². The fourth-order valence-corrected chi connectivity index (χ4v) is 2.76. The average Bonchev–Trinajstić information content (AvgIpc) is 2.58. The van der Waals surface area contributed by atoms with E-state index in [1.54, 1.807) is 31.6 Å². The lowest BCUT2D eigenvalue weighted by Crippen LogP contribution is -2.21. The Balaban J connectivity index is 2.21. The zero-order valence-electron chi connectivity index (χ0n) is 12.9. The Hall–Kier alpha value is -2.54. The van der Waals surface area contributed by atoms with Crippen LogP contribution in [0.15, 0.2) is 52.4 Å². The van der Waals surface area contributed by atoms with Crippen LogP contribution >= 0.6 is 15.9 Å². The molecule has 0 aliphatic heterocycles. The molecule has 0 saturated heterocycles. The molecule has 3 aromatic rings. The maximum Gasteiger partial charge on any atom is 0.343 e. The van der Waals surface area contributed by atoms with Gasteiger partial charge in [-0.1, -0.05) is 0 Å². The summed E-state index contributed by atoms with van der Waals surface area (Å²) in [5.41, 5.74) is 1.29. The van der Waals surface area contributed by atoms with Crippen molar-refractivity contribution in [2.45, 2.75) is 13.5 Å². The van der Waals surface area contributed by atoms with Crippen LogP contribution in [0, 0.1) is 0 Å². The molecule has 3 rings (SSSR count). The molecule has 0 amide bonds. The number of nitrogens with zero attached hydrogens (tertiary/aromatic N) is 3. The van der Waals surface area contributed by atoms with Crippen molar-refractivity contribution in [3.8, 4) is 0 Å². The first kappa shape index (κ1) is 16.3. The Labute approximate surface area is 146 Å². The normalized spacial score (nSPS) is 10.8. The molecular weight excluding hydrogens is 374 g/mol. The highest BCUT2D eigenvalue weighted by atomic mass is 79.9. The minimum absolute atomic E-state index is 0.0107. The Morgan fingerprint density at radius 1 is 1.33 bits per heavy atom. The van der Waals surface area contributed by atoms with E-state index in [9.17, 15) is 9.59 Å². The van der Waals surface area contributed by atoms with E-state index in [1.165, 1.54) is 6.20 Å². The molecule has 0 radical (unpaired) electrons. The fourth-order valence-electron chi connectivity index (χ4n) is 2.43. The minimum atomic E-state index is -0.624. The van der Waals surface area contributed by atoms with Crippen molar-refractivity contribution in [3.63, 3.8) is 0 Å². The Bertz CT molecular complexity index is 954. The molecule has 0 aliphatic rings. The molecule has 0 atom stereocenters. The Morgan fingerprint density at radius 2 is 2.08 bits per heavy atom.